The van der Waals surface area contributed by atoms with E-state index in [0.717, 1.165) is 19.0 Å². The topological polar surface area (TPSA) is 45.6 Å². The highest BCUT2D eigenvalue weighted by molar-refractivity contribution is 5.79. The van der Waals surface area contributed by atoms with Gasteiger partial charge in [0.25, 0.3) is 0 Å². The molecule has 4 nitrogen and oxygen atoms in total. The second-order valence-corrected chi connectivity index (χ2v) is 5.14. The van der Waals surface area contributed by atoms with Crippen molar-refractivity contribution in [3.63, 3.8) is 0 Å². The van der Waals surface area contributed by atoms with Gasteiger partial charge in [-0.05, 0) is 26.2 Å². The number of aliphatic imine (C=N–C) groups is 1. The molecule has 2 aliphatic carbocycles. The van der Waals surface area contributed by atoms with Gasteiger partial charge in [0, 0.05) is 32.2 Å². The van der Waals surface area contributed by atoms with Crippen molar-refractivity contribution in [2.24, 2.45) is 10.4 Å². The van der Waals surface area contributed by atoms with Gasteiger partial charge < -0.3 is 15.4 Å². The summed E-state index contributed by atoms with van der Waals surface area (Å²) in [5, 5.41) is 6.63. The molecule has 2 aliphatic rings. The summed E-state index contributed by atoms with van der Waals surface area (Å²) in [5.41, 5.74) is 0.378. The Balaban J connectivity index is 2.00. The molecule has 2 saturated carbocycles. The highest BCUT2D eigenvalue weighted by Crippen LogP contribution is 2.54. The minimum Gasteiger partial charge on any atom is -0.378 e. The van der Waals surface area contributed by atoms with Crippen LogP contribution in [0.4, 0.5) is 0 Å². The molecule has 98 valence electrons. The van der Waals surface area contributed by atoms with E-state index in [1.54, 1.807) is 0 Å². The van der Waals surface area contributed by atoms with E-state index in [9.17, 15) is 0 Å². The minimum atomic E-state index is 0.378. The molecular formula is C13H25N3O. The fourth-order valence-corrected chi connectivity index (χ4v) is 3.50. The third kappa shape index (κ3) is 2.15. The summed E-state index contributed by atoms with van der Waals surface area (Å²) in [6, 6.07) is 0.535. The molecule has 2 rings (SSSR count). The summed E-state index contributed by atoms with van der Waals surface area (Å²) in [4.78, 5) is 4.21. The molecule has 17 heavy (non-hydrogen) atoms. The van der Waals surface area contributed by atoms with Crippen LogP contribution in [-0.4, -0.2) is 38.8 Å². The number of guanidine groups is 1. The van der Waals surface area contributed by atoms with Crippen LogP contribution in [0.15, 0.2) is 4.99 Å². The average Bonchev–Trinajstić information content (AvgIpc) is 2.85. The Morgan fingerprint density at radius 2 is 2.12 bits per heavy atom. The normalized spacial score (nSPS) is 31.4. The van der Waals surface area contributed by atoms with Crippen LogP contribution >= 0.6 is 0 Å². The third-order valence-electron chi connectivity index (χ3n) is 4.46. The Bertz CT molecular complexity index is 284. The number of hydrogen-bond acceptors (Lipinski definition) is 2. The third-order valence-corrected chi connectivity index (χ3v) is 4.46. The van der Waals surface area contributed by atoms with E-state index < -0.39 is 0 Å². The lowest BCUT2D eigenvalue weighted by molar-refractivity contribution is -0.125. The summed E-state index contributed by atoms with van der Waals surface area (Å²) in [6.45, 7) is 2.93. The molecule has 0 heterocycles. The lowest BCUT2D eigenvalue weighted by Crippen LogP contribution is -2.64. The van der Waals surface area contributed by atoms with Gasteiger partial charge in [0.15, 0.2) is 5.96 Å². The molecule has 0 radical (unpaired) electrons. The van der Waals surface area contributed by atoms with Gasteiger partial charge in [-0.25, -0.2) is 0 Å². The maximum absolute atomic E-state index is 5.89. The zero-order valence-electron chi connectivity index (χ0n) is 11.3. The van der Waals surface area contributed by atoms with Gasteiger partial charge in [-0.3, -0.25) is 4.99 Å². The quantitative estimate of drug-likeness (QED) is 0.580. The van der Waals surface area contributed by atoms with Gasteiger partial charge in [0.05, 0.1) is 6.10 Å². The Morgan fingerprint density at radius 3 is 2.65 bits per heavy atom. The summed E-state index contributed by atoms with van der Waals surface area (Å²) in [7, 11) is 3.73. The predicted molar refractivity (Wildman–Crippen MR) is 70.3 cm³/mol. The van der Waals surface area contributed by atoms with Crippen molar-refractivity contribution in [3.8, 4) is 0 Å². The first kappa shape index (κ1) is 12.7. The molecule has 0 aromatic carbocycles. The Kier molecular flexibility index (Phi) is 3.92. The predicted octanol–water partition coefficient (Wildman–Crippen LogP) is 1.52. The van der Waals surface area contributed by atoms with Crippen molar-refractivity contribution in [2.75, 3.05) is 20.7 Å². The number of ether oxygens (including phenoxy) is 1. The fourth-order valence-electron chi connectivity index (χ4n) is 3.50. The minimum absolute atomic E-state index is 0.378. The monoisotopic (exact) mass is 239 g/mol. The molecule has 0 aliphatic heterocycles. The van der Waals surface area contributed by atoms with Crippen LogP contribution in [0.3, 0.4) is 0 Å². The molecule has 0 saturated heterocycles. The largest absolute Gasteiger partial charge is 0.378 e. The summed E-state index contributed by atoms with van der Waals surface area (Å²) >= 11 is 0. The van der Waals surface area contributed by atoms with E-state index in [1.807, 2.05) is 14.1 Å². The highest BCUT2D eigenvalue weighted by Gasteiger charge is 2.56. The van der Waals surface area contributed by atoms with Gasteiger partial charge in [-0.15, -0.1) is 0 Å². The average molecular weight is 239 g/mol. The van der Waals surface area contributed by atoms with Crippen molar-refractivity contribution in [1.82, 2.24) is 10.6 Å². The smallest absolute Gasteiger partial charge is 0.190 e. The maximum Gasteiger partial charge on any atom is 0.190 e. The van der Waals surface area contributed by atoms with Crippen molar-refractivity contribution in [3.05, 3.63) is 0 Å². The van der Waals surface area contributed by atoms with Crippen molar-refractivity contribution in [2.45, 2.75) is 51.2 Å². The van der Waals surface area contributed by atoms with Crippen LogP contribution in [0.2, 0.25) is 0 Å². The van der Waals surface area contributed by atoms with E-state index in [2.05, 4.69) is 22.5 Å². The number of nitrogens with one attached hydrogen (secondary N) is 2. The summed E-state index contributed by atoms with van der Waals surface area (Å²) in [6.07, 6.45) is 6.88. The van der Waals surface area contributed by atoms with Gasteiger partial charge in [-0.2, -0.15) is 0 Å². The first-order chi connectivity index (χ1) is 8.26. The number of nitrogens with zero attached hydrogens (tertiary/aromatic N) is 1. The van der Waals surface area contributed by atoms with Gasteiger partial charge in [0.1, 0.15) is 0 Å². The molecule has 2 N–H and O–H groups in total. The van der Waals surface area contributed by atoms with Crippen molar-refractivity contribution >= 4 is 5.96 Å². The van der Waals surface area contributed by atoms with Crippen LogP contribution in [0.1, 0.15) is 39.0 Å². The van der Waals surface area contributed by atoms with Gasteiger partial charge in [0.2, 0.25) is 0 Å². The SMILES string of the molecule is CCOC1CC(NC(=NC)NC)C12CCCC2. The van der Waals surface area contributed by atoms with Crippen LogP contribution in [0.25, 0.3) is 0 Å². The first-order valence-corrected chi connectivity index (χ1v) is 6.79. The second-order valence-electron chi connectivity index (χ2n) is 5.14. The zero-order valence-corrected chi connectivity index (χ0v) is 11.3. The van der Waals surface area contributed by atoms with E-state index in [1.165, 1.54) is 25.7 Å². The Morgan fingerprint density at radius 1 is 1.41 bits per heavy atom. The molecule has 2 fully saturated rings. The number of hydrogen-bond donors (Lipinski definition) is 2. The van der Waals surface area contributed by atoms with Crippen LogP contribution in [0.5, 0.6) is 0 Å². The lowest BCUT2D eigenvalue weighted by Gasteiger charge is -2.54. The molecule has 0 bridgehead atoms. The molecule has 0 aromatic rings. The summed E-state index contributed by atoms with van der Waals surface area (Å²) < 4.78 is 5.89. The van der Waals surface area contributed by atoms with E-state index >= 15 is 0 Å². The van der Waals surface area contributed by atoms with E-state index in [-0.39, 0.29) is 0 Å². The van der Waals surface area contributed by atoms with E-state index in [0.29, 0.717) is 17.6 Å². The molecule has 2 atom stereocenters. The molecule has 1 spiro atoms. The molecular weight excluding hydrogens is 214 g/mol. The highest BCUT2D eigenvalue weighted by atomic mass is 16.5. The maximum atomic E-state index is 5.89. The zero-order chi connectivity index (χ0) is 12.3. The fraction of sp³-hybridized carbons (Fsp3) is 0.923. The Hall–Kier alpha value is -0.770. The lowest BCUT2D eigenvalue weighted by atomic mass is 9.60. The van der Waals surface area contributed by atoms with Crippen molar-refractivity contribution < 1.29 is 4.74 Å². The molecule has 0 aromatic heterocycles. The van der Waals surface area contributed by atoms with Crippen LogP contribution < -0.4 is 10.6 Å². The first-order valence-electron chi connectivity index (χ1n) is 6.79. The summed E-state index contributed by atoms with van der Waals surface area (Å²) in [5.74, 6) is 0.899. The van der Waals surface area contributed by atoms with Crippen LogP contribution in [-0.2, 0) is 4.74 Å². The van der Waals surface area contributed by atoms with E-state index in [4.69, 9.17) is 4.74 Å². The molecule has 0 amide bonds. The standard InChI is InChI=1S/C13H25N3O/c1-4-17-11-9-10(16-12(14-2)15-3)13(11)7-5-6-8-13/h10-11H,4-9H2,1-3H3,(H2,14,15,16). The van der Waals surface area contributed by atoms with Gasteiger partial charge in [-0.1, -0.05) is 12.8 Å². The molecule has 4 heteroatoms. The Labute approximate surface area is 104 Å². The second kappa shape index (κ2) is 5.25. The molecule has 2 unspecified atom stereocenters. The van der Waals surface area contributed by atoms with Gasteiger partial charge >= 0.3 is 0 Å². The number of rotatable bonds is 3. The van der Waals surface area contributed by atoms with Crippen LogP contribution in [0, 0.1) is 5.41 Å². The van der Waals surface area contributed by atoms with Crippen molar-refractivity contribution in [1.29, 1.82) is 0 Å².